The van der Waals surface area contributed by atoms with Gasteiger partial charge in [0.2, 0.25) is 0 Å². The Bertz CT molecular complexity index is 449. The van der Waals surface area contributed by atoms with Crippen LogP contribution in [0.3, 0.4) is 0 Å². The lowest BCUT2D eigenvalue weighted by molar-refractivity contribution is 0.0549. The van der Waals surface area contributed by atoms with Gasteiger partial charge in [-0.3, -0.25) is 25.0 Å². The second kappa shape index (κ2) is 6.30. The number of hydrazine groups is 1. The van der Waals surface area contributed by atoms with Crippen LogP contribution in [0.15, 0.2) is 18.3 Å². The van der Waals surface area contributed by atoms with Gasteiger partial charge in [-0.05, 0) is 33.0 Å². The largest absolute Gasteiger partial charge is 0.298 e. The summed E-state index contributed by atoms with van der Waals surface area (Å²) in [6.07, 6.45) is 1.57. The summed E-state index contributed by atoms with van der Waals surface area (Å²) in [4.78, 5) is 20.5. The van der Waals surface area contributed by atoms with Crippen molar-refractivity contribution in [2.24, 2.45) is 5.84 Å². The molecule has 2 heterocycles. The Morgan fingerprint density at radius 2 is 2.05 bits per heavy atom. The molecule has 1 aliphatic heterocycles. The highest BCUT2D eigenvalue weighted by Gasteiger charge is 2.26. The van der Waals surface area contributed by atoms with Gasteiger partial charge in [0.1, 0.15) is 0 Å². The Labute approximate surface area is 119 Å². The van der Waals surface area contributed by atoms with E-state index in [-0.39, 0.29) is 5.91 Å². The molecule has 1 amide bonds. The Hall–Kier alpha value is -1.50. The second-order valence-corrected chi connectivity index (χ2v) is 5.57. The minimum absolute atomic E-state index is 0.314. The minimum Gasteiger partial charge on any atom is -0.298 e. The standard InChI is InChI=1S/C14H23N5O/c1-10-7-19(8-11(2)18(10)3)9-13-5-4-12(6-16-13)14(20)17-15/h4-6,10-11H,7-9,15H2,1-3H3,(H,17,20). The fourth-order valence-corrected chi connectivity index (χ4v) is 2.61. The normalized spacial score (nSPS) is 24.6. The van der Waals surface area contributed by atoms with E-state index in [1.165, 1.54) is 0 Å². The molecule has 1 saturated heterocycles. The van der Waals surface area contributed by atoms with Crippen LogP contribution in [0.4, 0.5) is 0 Å². The number of nitrogens with two attached hydrogens (primary N) is 1. The molecular formula is C14H23N5O. The molecule has 1 aliphatic rings. The molecule has 0 aromatic carbocycles. The number of amides is 1. The lowest BCUT2D eigenvalue weighted by atomic mass is 10.1. The number of pyridine rings is 1. The summed E-state index contributed by atoms with van der Waals surface area (Å²) in [5, 5.41) is 0. The fourth-order valence-electron chi connectivity index (χ4n) is 2.61. The van der Waals surface area contributed by atoms with Crippen molar-refractivity contribution in [2.45, 2.75) is 32.5 Å². The number of hydrogen-bond donors (Lipinski definition) is 2. The van der Waals surface area contributed by atoms with Crippen molar-refractivity contribution in [1.29, 1.82) is 0 Å². The Morgan fingerprint density at radius 1 is 1.40 bits per heavy atom. The van der Waals surface area contributed by atoms with Crippen LogP contribution in [0, 0.1) is 0 Å². The minimum atomic E-state index is -0.314. The predicted octanol–water partition coefficient (Wildman–Crippen LogP) is 0.210. The molecule has 110 valence electrons. The van der Waals surface area contributed by atoms with Crippen LogP contribution in [0.25, 0.3) is 0 Å². The van der Waals surface area contributed by atoms with E-state index < -0.39 is 0 Å². The zero-order valence-corrected chi connectivity index (χ0v) is 12.3. The smallest absolute Gasteiger partial charge is 0.266 e. The number of hydrogen-bond acceptors (Lipinski definition) is 5. The Balaban J connectivity index is 1.98. The topological polar surface area (TPSA) is 74.5 Å². The molecule has 1 aromatic rings. The third-order valence-electron chi connectivity index (χ3n) is 4.04. The van der Waals surface area contributed by atoms with Crippen LogP contribution in [0.5, 0.6) is 0 Å². The molecular weight excluding hydrogens is 254 g/mol. The van der Waals surface area contributed by atoms with Crippen LogP contribution in [0.2, 0.25) is 0 Å². The van der Waals surface area contributed by atoms with Gasteiger partial charge < -0.3 is 0 Å². The van der Waals surface area contributed by atoms with Crippen molar-refractivity contribution in [3.8, 4) is 0 Å². The lowest BCUT2D eigenvalue weighted by Crippen LogP contribution is -2.54. The van der Waals surface area contributed by atoms with Crippen molar-refractivity contribution >= 4 is 5.91 Å². The highest BCUT2D eigenvalue weighted by atomic mass is 16.2. The highest BCUT2D eigenvalue weighted by molar-refractivity contribution is 5.93. The zero-order chi connectivity index (χ0) is 14.7. The van der Waals surface area contributed by atoms with Gasteiger partial charge in [-0.25, -0.2) is 5.84 Å². The Kier molecular flexibility index (Phi) is 4.69. The van der Waals surface area contributed by atoms with E-state index >= 15 is 0 Å². The van der Waals surface area contributed by atoms with E-state index in [1.54, 1.807) is 12.3 Å². The molecule has 1 fully saturated rings. The number of nitrogen functional groups attached to an aromatic ring is 1. The SMILES string of the molecule is CC1CN(Cc2ccc(C(=O)NN)cn2)CC(C)N1C. The van der Waals surface area contributed by atoms with E-state index in [2.05, 4.69) is 41.1 Å². The summed E-state index contributed by atoms with van der Waals surface area (Å²) in [7, 11) is 2.17. The maximum absolute atomic E-state index is 11.3. The number of nitrogens with one attached hydrogen (secondary N) is 1. The molecule has 20 heavy (non-hydrogen) atoms. The first kappa shape index (κ1) is 14.9. The Morgan fingerprint density at radius 3 is 2.55 bits per heavy atom. The molecule has 0 bridgehead atoms. The van der Waals surface area contributed by atoms with E-state index in [0.717, 1.165) is 25.3 Å². The first-order chi connectivity index (χ1) is 9.51. The van der Waals surface area contributed by atoms with Crippen LogP contribution in [0.1, 0.15) is 29.9 Å². The fraction of sp³-hybridized carbons (Fsp3) is 0.571. The second-order valence-electron chi connectivity index (χ2n) is 5.57. The summed E-state index contributed by atoms with van der Waals surface area (Å²) in [5.41, 5.74) is 3.56. The molecule has 0 saturated carbocycles. The third kappa shape index (κ3) is 3.33. The van der Waals surface area contributed by atoms with Crippen LogP contribution < -0.4 is 11.3 Å². The van der Waals surface area contributed by atoms with Crippen LogP contribution in [-0.2, 0) is 6.54 Å². The number of nitrogens with zero attached hydrogens (tertiary/aromatic N) is 3. The van der Waals surface area contributed by atoms with Crippen molar-refractivity contribution in [2.75, 3.05) is 20.1 Å². The average Bonchev–Trinajstić information content (AvgIpc) is 2.44. The van der Waals surface area contributed by atoms with Crippen molar-refractivity contribution in [1.82, 2.24) is 20.2 Å². The number of carbonyl (C=O) groups excluding carboxylic acids is 1. The molecule has 2 rings (SSSR count). The summed E-state index contributed by atoms with van der Waals surface area (Å²) >= 11 is 0. The van der Waals surface area contributed by atoms with Crippen molar-refractivity contribution in [3.05, 3.63) is 29.6 Å². The highest BCUT2D eigenvalue weighted by Crippen LogP contribution is 2.15. The number of piperazine rings is 1. The zero-order valence-electron chi connectivity index (χ0n) is 12.3. The first-order valence-electron chi connectivity index (χ1n) is 6.91. The maximum Gasteiger partial charge on any atom is 0.266 e. The molecule has 2 atom stereocenters. The summed E-state index contributed by atoms with van der Waals surface area (Å²) in [5.74, 6) is 4.78. The van der Waals surface area contributed by atoms with E-state index in [0.29, 0.717) is 17.6 Å². The van der Waals surface area contributed by atoms with E-state index in [1.807, 2.05) is 6.07 Å². The summed E-state index contributed by atoms with van der Waals surface area (Å²) in [6, 6.07) is 4.73. The van der Waals surface area contributed by atoms with Gasteiger partial charge in [0.15, 0.2) is 0 Å². The number of aromatic nitrogens is 1. The van der Waals surface area contributed by atoms with Gasteiger partial charge >= 0.3 is 0 Å². The average molecular weight is 277 g/mol. The first-order valence-corrected chi connectivity index (χ1v) is 6.91. The van der Waals surface area contributed by atoms with Gasteiger partial charge in [0.25, 0.3) is 5.91 Å². The summed E-state index contributed by atoms with van der Waals surface area (Å²) < 4.78 is 0. The van der Waals surface area contributed by atoms with Gasteiger partial charge in [0, 0.05) is 37.9 Å². The predicted molar refractivity (Wildman–Crippen MR) is 77.9 cm³/mol. The van der Waals surface area contributed by atoms with Crippen LogP contribution >= 0.6 is 0 Å². The monoisotopic (exact) mass is 277 g/mol. The molecule has 6 nitrogen and oxygen atoms in total. The molecule has 1 aromatic heterocycles. The van der Waals surface area contributed by atoms with E-state index in [4.69, 9.17) is 5.84 Å². The van der Waals surface area contributed by atoms with Crippen molar-refractivity contribution < 1.29 is 4.79 Å². The maximum atomic E-state index is 11.3. The number of rotatable bonds is 3. The number of carbonyl (C=O) groups is 1. The molecule has 0 aliphatic carbocycles. The molecule has 3 N–H and O–H groups in total. The third-order valence-corrected chi connectivity index (χ3v) is 4.04. The van der Waals surface area contributed by atoms with Crippen LogP contribution in [-0.4, -0.2) is 52.9 Å². The molecule has 0 spiro atoms. The molecule has 6 heteroatoms. The van der Waals surface area contributed by atoms with Crippen molar-refractivity contribution in [3.63, 3.8) is 0 Å². The molecule has 0 radical (unpaired) electrons. The van der Waals surface area contributed by atoms with Gasteiger partial charge in [-0.1, -0.05) is 0 Å². The lowest BCUT2D eigenvalue weighted by Gasteiger charge is -2.42. The summed E-state index contributed by atoms with van der Waals surface area (Å²) in [6.45, 7) is 7.36. The number of likely N-dealkylation sites (N-methyl/N-ethyl adjacent to an activating group) is 1. The van der Waals surface area contributed by atoms with E-state index in [9.17, 15) is 4.79 Å². The van der Waals surface area contributed by atoms with Gasteiger partial charge in [-0.2, -0.15) is 0 Å². The van der Waals surface area contributed by atoms with Gasteiger partial charge in [0.05, 0.1) is 11.3 Å². The molecule has 2 unspecified atom stereocenters. The van der Waals surface area contributed by atoms with Gasteiger partial charge in [-0.15, -0.1) is 0 Å². The quantitative estimate of drug-likeness (QED) is 0.469.